The van der Waals surface area contributed by atoms with Crippen LogP contribution < -0.4 is 5.32 Å². The smallest absolute Gasteiger partial charge is 0.263 e. The Labute approximate surface area is 157 Å². The first-order valence-electron chi connectivity index (χ1n) is 7.48. The van der Waals surface area contributed by atoms with Crippen LogP contribution in [-0.2, 0) is 4.79 Å². The van der Waals surface area contributed by atoms with E-state index in [4.69, 9.17) is 16.6 Å². The molecule has 3 heterocycles. The lowest BCUT2D eigenvalue weighted by Gasteiger charge is -1.93. The van der Waals surface area contributed by atoms with Crippen molar-refractivity contribution in [1.29, 1.82) is 0 Å². The number of nitrogens with zero attached hydrogens (tertiary/aromatic N) is 1. The van der Waals surface area contributed by atoms with Gasteiger partial charge < -0.3 is 9.73 Å². The summed E-state index contributed by atoms with van der Waals surface area (Å²) in [6.45, 7) is 0. The van der Waals surface area contributed by atoms with Crippen LogP contribution in [0.2, 0.25) is 0 Å². The SMILES string of the molecule is O=C1NC(=S)S/C1=C\c1cc2cncc(C#Cc3cccc(F)c3)c2o1. The molecule has 26 heavy (non-hydrogen) atoms. The highest BCUT2D eigenvalue weighted by atomic mass is 32.2. The van der Waals surface area contributed by atoms with Crippen LogP contribution in [0.1, 0.15) is 16.9 Å². The summed E-state index contributed by atoms with van der Waals surface area (Å²) in [6, 6.07) is 7.82. The zero-order valence-electron chi connectivity index (χ0n) is 13.1. The zero-order valence-corrected chi connectivity index (χ0v) is 14.7. The van der Waals surface area contributed by atoms with Crippen molar-refractivity contribution in [1.82, 2.24) is 10.3 Å². The summed E-state index contributed by atoms with van der Waals surface area (Å²) in [7, 11) is 0. The van der Waals surface area contributed by atoms with Gasteiger partial charge in [0.1, 0.15) is 15.9 Å². The van der Waals surface area contributed by atoms with E-state index in [-0.39, 0.29) is 11.7 Å². The van der Waals surface area contributed by atoms with Crippen LogP contribution in [0.25, 0.3) is 17.0 Å². The first kappa shape index (κ1) is 16.5. The molecule has 4 nitrogen and oxygen atoms in total. The molecular formula is C19H9FN2O2S2. The predicted octanol–water partition coefficient (Wildman–Crippen LogP) is 3.86. The molecule has 3 aromatic rings. The number of furan rings is 1. The van der Waals surface area contributed by atoms with Gasteiger partial charge in [0.05, 0.1) is 10.5 Å². The maximum atomic E-state index is 13.3. The Hall–Kier alpha value is -2.95. The number of fused-ring (bicyclic) bond motifs is 1. The number of hydrogen-bond donors (Lipinski definition) is 1. The van der Waals surface area contributed by atoms with E-state index in [1.165, 1.54) is 23.9 Å². The summed E-state index contributed by atoms with van der Waals surface area (Å²) in [5.74, 6) is 5.77. The molecule has 1 N–H and O–H groups in total. The Morgan fingerprint density at radius 2 is 2.15 bits per heavy atom. The fourth-order valence-electron chi connectivity index (χ4n) is 2.40. The Kier molecular flexibility index (Phi) is 4.29. The fourth-order valence-corrected chi connectivity index (χ4v) is 3.42. The van der Waals surface area contributed by atoms with Gasteiger partial charge in [-0.3, -0.25) is 9.78 Å². The molecular weight excluding hydrogens is 371 g/mol. The third-order valence-corrected chi connectivity index (χ3v) is 4.69. The van der Waals surface area contributed by atoms with E-state index in [2.05, 4.69) is 22.1 Å². The van der Waals surface area contributed by atoms with Crippen LogP contribution in [0, 0.1) is 17.7 Å². The van der Waals surface area contributed by atoms with Crippen LogP contribution in [0.3, 0.4) is 0 Å². The van der Waals surface area contributed by atoms with Gasteiger partial charge in [-0.2, -0.15) is 0 Å². The van der Waals surface area contributed by atoms with E-state index >= 15 is 0 Å². The molecule has 0 saturated carbocycles. The van der Waals surface area contributed by atoms with E-state index in [9.17, 15) is 9.18 Å². The summed E-state index contributed by atoms with van der Waals surface area (Å²) in [4.78, 5) is 16.4. The van der Waals surface area contributed by atoms with Gasteiger partial charge in [-0.25, -0.2) is 4.39 Å². The average Bonchev–Trinajstić information content (AvgIpc) is 3.15. The van der Waals surface area contributed by atoms with Crippen molar-refractivity contribution in [3.05, 3.63) is 70.3 Å². The Bertz CT molecular complexity index is 1160. The number of thioether (sulfide) groups is 1. The molecule has 126 valence electrons. The Morgan fingerprint density at radius 1 is 1.27 bits per heavy atom. The van der Waals surface area contributed by atoms with Gasteiger partial charge in [0.25, 0.3) is 5.91 Å². The number of halogens is 1. The average molecular weight is 380 g/mol. The molecule has 0 atom stereocenters. The van der Waals surface area contributed by atoms with Gasteiger partial charge in [-0.05, 0) is 24.3 Å². The number of hydrogen-bond acceptors (Lipinski definition) is 5. The monoisotopic (exact) mass is 380 g/mol. The topological polar surface area (TPSA) is 55.1 Å². The molecule has 0 radical (unpaired) electrons. The molecule has 0 aliphatic carbocycles. The largest absolute Gasteiger partial charge is 0.455 e. The zero-order chi connectivity index (χ0) is 18.1. The Balaban J connectivity index is 1.72. The number of thiocarbonyl (C=S) groups is 1. The molecule has 1 aliphatic heterocycles. The normalized spacial score (nSPS) is 15.2. The van der Waals surface area contributed by atoms with E-state index < -0.39 is 0 Å². The molecule has 0 bridgehead atoms. The van der Waals surface area contributed by atoms with Gasteiger partial charge in [0, 0.05) is 29.4 Å². The molecule has 1 amide bonds. The minimum atomic E-state index is -0.342. The third-order valence-electron chi connectivity index (χ3n) is 3.52. The molecule has 1 fully saturated rings. The second-order valence-electron chi connectivity index (χ2n) is 5.37. The van der Waals surface area contributed by atoms with Crippen LogP contribution in [0.15, 0.2) is 52.0 Å². The lowest BCUT2D eigenvalue weighted by Crippen LogP contribution is -2.17. The summed E-state index contributed by atoms with van der Waals surface area (Å²) in [5.41, 5.74) is 1.70. The van der Waals surface area contributed by atoms with E-state index in [1.807, 2.05) is 0 Å². The molecule has 7 heteroatoms. The molecule has 0 spiro atoms. The summed E-state index contributed by atoms with van der Waals surface area (Å²) < 4.78 is 19.5. The summed E-state index contributed by atoms with van der Waals surface area (Å²) in [6.07, 6.45) is 4.87. The van der Waals surface area contributed by atoms with Crippen molar-refractivity contribution in [2.75, 3.05) is 0 Å². The number of amides is 1. The van der Waals surface area contributed by atoms with Gasteiger partial charge in [0.15, 0.2) is 5.58 Å². The number of nitrogens with one attached hydrogen (secondary N) is 1. The summed E-state index contributed by atoms with van der Waals surface area (Å²) >= 11 is 6.15. The van der Waals surface area contributed by atoms with Gasteiger partial charge in [0.2, 0.25) is 0 Å². The predicted molar refractivity (Wildman–Crippen MR) is 103 cm³/mol. The highest BCUT2D eigenvalue weighted by Crippen LogP contribution is 2.29. The number of carbonyl (C=O) groups is 1. The van der Waals surface area contributed by atoms with Crippen LogP contribution in [0.4, 0.5) is 4.39 Å². The third kappa shape index (κ3) is 3.38. The Morgan fingerprint density at radius 3 is 2.92 bits per heavy atom. The number of benzene rings is 1. The number of carbonyl (C=O) groups excluding carboxylic acids is 1. The van der Waals surface area contributed by atoms with Crippen molar-refractivity contribution in [2.24, 2.45) is 0 Å². The standard InChI is InChI=1S/C19H9FN2O2S2/c20-14-3-1-2-11(6-14)4-5-12-9-21-10-13-7-15(24-17(12)13)8-16-18(23)22-19(25)26-16/h1-3,6-10H,(H,22,23,25)/b16-8-. The quantitative estimate of drug-likeness (QED) is 0.395. The molecule has 1 aliphatic rings. The van der Waals surface area contributed by atoms with E-state index in [0.29, 0.717) is 31.7 Å². The molecule has 1 aromatic carbocycles. The second kappa shape index (κ2) is 6.75. The van der Waals surface area contributed by atoms with Gasteiger partial charge in [-0.15, -0.1) is 0 Å². The van der Waals surface area contributed by atoms with Crippen molar-refractivity contribution < 1.29 is 13.6 Å². The minimum Gasteiger partial charge on any atom is -0.455 e. The highest BCUT2D eigenvalue weighted by Gasteiger charge is 2.22. The summed E-state index contributed by atoms with van der Waals surface area (Å²) in [5, 5.41) is 3.31. The van der Waals surface area contributed by atoms with Crippen molar-refractivity contribution >= 4 is 51.3 Å². The molecule has 0 unspecified atom stereocenters. The molecule has 2 aromatic heterocycles. The van der Waals surface area contributed by atoms with E-state index in [0.717, 1.165) is 5.39 Å². The van der Waals surface area contributed by atoms with Crippen LogP contribution in [0.5, 0.6) is 0 Å². The lowest BCUT2D eigenvalue weighted by molar-refractivity contribution is -0.115. The highest BCUT2D eigenvalue weighted by molar-refractivity contribution is 8.26. The van der Waals surface area contributed by atoms with Crippen molar-refractivity contribution in [2.45, 2.75) is 0 Å². The second-order valence-corrected chi connectivity index (χ2v) is 7.09. The lowest BCUT2D eigenvalue weighted by atomic mass is 10.2. The van der Waals surface area contributed by atoms with Gasteiger partial charge >= 0.3 is 0 Å². The first-order valence-corrected chi connectivity index (χ1v) is 8.71. The van der Waals surface area contributed by atoms with Crippen molar-refractivity contribution in [3.63, 3.8) is 0 Å². The number of aromatic nitrogens is 1. The van der Waals surface area contributed by atoms with Crippen molar-refractivity contribution in [3.8, 4) is 11.8 Å². The maximum absolute atomic E-state index is 13.3. The molecule has 1 saturated heterocycles. The number of rotatable bonds is 1. The first-order chi connectivity index (χ1) is 12.6. The minimum absolute atomic E-state index is 0.246. The van der Waals surface area contributed by atoms with E-state index in [1.54, 1.807) is 36.7 Å². The van der Waals surface area contributed by atoms with Gasteiger partial charge in [-0.1, -0.05) is 41.9 Å². The number of pyridine rings is 1. The van der Waals surface area contributed by atoms with Crippen LogP contribution >= 0.6 is 24.0 Å². The fraction of sp³-hybridized carbons (Fsp3) is 0. The van der Waals surface area contributed by atoms with Crippen LogP contribution in [-0.4, -0.2) is 15.2 Å². The molecule has 4 rings (SSSR count). The maximum Gasteiger partial charge on any atom is 0.263 e.